The first-order valence-electron chi connectivity index (χ1n) is 8.55. The standard InChI is InChI=1S/C22H17ClN2O3/c1-13-18(9-14-10-19(23)21(26)20(11-14)28-2)22(27)25(24-13)17-8-7-15-5-3-4-6-16(15)12-17/h3-12,24,26H,1H2,2H3/b18-9+. The lowest BCUT2D eigenvalue weighted by atomic mass is 10.1. The maximum atomic E-state index is 13.0. The number of H-pyrrole nitrogens is 1. The topological polar surface area (TPSA) is 67.2 Å². The SMILES string of the molecule is C=c1[nH]n(-c2ccc3ccccc3c2)c(=O)/c1=C/c1cc(Cl)c(O)c(OC)c1. The fourth-order valence-corrected chi connectivity index (χ4v) is 3.36. The van der Waals surface area contributed by atoms with Crippen LogP contribution in [0.2, 0.25) is 5.02 Å². The smallest absolute Gasteiger partial charge is 0.279 e. The van der Waals surface area contributed by atoms with Crippen LogP contribution in [0.25, 0.3) is 29.1 Å². The number of methoxy groups -OCH3 is 1. The zero-order valence-corrected chi connectivity index (χ0v) is 15.8. The molecule has 0 atom stereocenters. The first-order chi connectivity index (χ1) is 13.5. The van der Waals surface area contributed by atoms with Gasteiger partial charge in [-0.05, 0) is 46.7 Å². The van der Waals surface area contributed by atoms with E-state index in [1.54, 1.807) is 18.2 Å². The fraction of sp³-hybridized carbons (Fsp3) is 0.0455. The quantitative estimate of drug-likeness (QED) is 0.563. The third-order valence-electron chi connectivity index (χ3n) is 4.58. The van der Waals surface area contributed by atoms with Gasteiger partial charge in [-0.2, -0.15) is 0 Å². The Morgan fingerprint density at radius 2 is 1.89 bits per heavy atom. The molecule has 0 aliphatic rings. The number of nitrogens with one attached hydrogen (secondary N) is 1. The van der Waals surface area contributed by atoms with Crippen LogP contribution < -0.4 is 20.9 Å². The molecular weight excluding hydrogens is 376 g/mol. The molecule has 0 saturated carbocycles. The Kier molecular flexibility index (Phi) is 4.45. The molecule has 5 nitrogen and oxygen atoms in total. The zero-order valence-electron chi connectivity index (χ0n) is 15.1. The van der Waals surface area contributed by atoms with Crippen molar-refractivity contribution in [1.29, 1.82) is 0 Å². The van der Waals surface area contributed by atoms with Crippen molar-refractivity contribution < 1.29 is 9.84 Å². The summed E-state index contributed by atoms with van der Waals surface area (Å²) in [6.07, 6.45) is 1.66. The van der Waals surface area contributed by atoms with E-state index >= 15 is 0 Å². The molecule has 0 radical (unpaired) electrons. The molecule has 0 aliphatic heterocycles. The average molecular weight is 393 g/mol. The molecule has 0 amide bonds. The molecule has 6 heteroatoms. The van der Waals surface area contributed by atoms with Crippen LogP contribution in [0, 0.1) is 0 Å². The van der Waals surface area contributed by atoms with Crippen LogP contribution >= 0.6 is 11.6 Å². The first kappa shape index (κ1) is 17.9. The van der Waals surface area contributed by atoms with E-state index in [0.717, 1.165) is 16.5 Å². The number of ether oxygens (including phenoxy) is 1. The fourth-order valence-electron chi connectivity index (χ4n) is 3.14. The Bertz CT molecular complexity index is 1370. The first-order valence-corrected chi connectivity index (χ1v) is 8.93. The van der Waals surface area contributed by atoms with E-state index in [2.05, 4.69) is 11.7 Å². The van der Waals surface area contributed by atoms with Gasteiger partial charge in [0.2, 0.25) is 0 Å². The third-order valence-corrected chi connectivity index (χ3v) is 4.87. The third kappa shape index (κ3) is 3.06. The Hall–Kier alpha value is -3.44. The number of benzene rings is 3. The van der Waals surface area contributed by atoms with Gasteiger partial charge in [0.25, 0.3) is 5.56 Å². The lowest BCUT2D eigenvalue weighted by Gasteiger charge is -2.06. The predicted molar refractivity (Wildman–Crippen MR) is 112 cm³/mol. The van der Waals surface area contributed by atoms with E-state index in [-0.39, 0.29) is 22.1 Å². The zero-order chi connectivity index (χ0) is 19.8. The molecular formula is C22H17ClN2O3. The van der Waals surface area contributed by atoms with Gasteiger partial charge in [-0.25, -0.2) is 4.68 Å². The number of nitrogens with zero attached hydrogens (tertiary/aromatic N) is 1. The number of fused-ring (bicyclic) bond motifs is 1. The van der Waals surface area contributed by atoms with Gasteiger partial charge < -0.3 is 9.84 Å². The molecule has 0 unspecified atom stereocenters. The highest BCUT2D eigenvalue weighted by molar-refractivity contribution is 6.32. The number of hydrogen-bond donors (Lipinski definition) is 2. The number of aromatic hydroxyl groups is 1. The Morgan fingerprint density at radius 3 is 2.64 bits per heavy atom. The van der Waals surface area contributed by atoms with Gasteiger partial charge in [0.15, 0.2) is 11.5 Å². The lowest BCUT2D eigenvalue weighted by Crippen LogP contribution is -2.33. The molecule has 4 rings (SSSR count). The molecule has 0 spiro atoms. The van der Waals surface area contributed by atoms with E-state index in [4.69, 9.17) is 16.3 Å². The van der Waals surface area contributed by atoms with Crippen molar-refractivity contribution in [2.75, 3.05) is 7.11 Å². The molecule has 0 aliphatic carbocycles. The van der Waals surface area contributed by atoms with Gasteiger partial charge in [0.1, 0.15) is 0 Å². The highest BCUT2D eigenvalue weighted by Crippen LogP contribution is 2.34. The van der Waals surface area contributed by atoms with E-state index < -0.39 is 0 Å². The lowest BCUT2D eigenvalue weighted by molar-refractivity contribution is 0.373. The minimum absolute atomic E-state index is 0.140. The van der Waals surface area contributed by atoms with Gasteiger partial charge in [0, 0.05) is 0 Å². The van der Waals surface area contributed by atoms with E-state index in [9.17, 15) is 9.90 Å². The Morgan fingerprint density at radius 1 is 1.14 bits per heavy atom. The predicted octanol–water partition coefficient (Wildman–Crippen LogP) is 2.93. The molecule has 1 heterocycles. The van der Waals surface area contributed by atoms with Crippen molar-refractivity contribution in [2.24, 2.45) is 0 Å². The summed E-state index contributed by atoms with van der Waals surface area (Å²) >= 11 is 6.04. The van der Waals surface area contributed by atoms with Gasteiger partial charge in [-0.15, -0.1) is 0 Å². The number of aromatic amines is 1. The summed E-state index contributed by atoms with van der Waals surface area (Å²) in [5.41, 5.74) is 1.10. The summed E-state index contributed by atoms with van der Waals surface area (Å²) in [6.45, 7) is 3.95. The second-order valence-electron chi connectivity index (χ2n) is 6.37. The molecule has 2 N–H and O–H groups in total. The summed E-state index contributed by atoms with van der Waals surface area (Å²) in [5.74, 6) is 0.0913. The Labute approximate surface area is 165 Å². The second kappa shape index (κ2) is 6.94. The van der Waals surface area contributed by atoms with Crippen LogP contribution in [-0.4, -0.2) is 22.0 Å². The number of hydrogen-bond acceptors (Lipinski definition) is 3. The summed E-state index contributed by atoms with van der Waals surface area (Å²) in [5, 5.41) is 16.0. The summed E-state index contributed by atoms with van der Waals surface area (Å²) in [7, 11) is 1.44. The van der Waals surface area contributed by atoms with Crippen molar-refractivity contribution >= 4 is 35.0 Å². The molecule has 3 aromatic carbocycles. The normalized spacial score (nSPS) is 11.9. The molecule has 1 aromatic heterocycles. The van der Waals surface area contributed by atoms with Crippen molar-refractivity contribution in [3.8, 4) is 17.2 Å². The molecule has 28 heavy (non-hydrogen) atoms. The van der Waals surface area contributed by atoms with Crippen LogP contribution in [0.3, 0.4) is 0 Å². The van der Waals surface area contributed by atoms with Crippen LogP contribution in [0.15, 0.2) is 59.4 Å². The van der Waals surface area contributed by atoms with E-state index in [0.29, 0.717) is 16.1 Å². The highest BCUT2D eigenvalue weighted by Gasteiger charge is 2.10. The van der Waals surface area contributed by atoms with Crippen LogP contribution in [-0.2, 0) is 0 Å². The second-order valence-corrected chi connectivity index (χ2v) is 6.78. The number of phenolic OH excluding ortho intramolecular Hbond substituents is 1. The molecule has 140 valence electrons. The monoisotopic (exact) mass is 392 g/mol. The minimum atomic E-state index is -0.233. The van der Waals surface area contributed by atoms with Gasteiger partial charge in [0.05, 0.1) is 28.4 Å². The van der Waals surface area contributed by atoms with E-state index in [1.165, 1.54) is 11.8 Å². The molecule has 0 bridgehead atoms. The van der Waals surface area contributed by atoms with Crippen molar-refractivity contribution in [3.63, 3.8) is 0 Å². The highest BCUT2D eigenvalue weighted by atomic mass is 35.5. The number of halogens is 1. The van der Waals surface area contributed by atoms with Crippen molar-refractivity contribution in [3.05, 3.63) is 86.1 Å². The van der Waals surface area contributed by atoms with Crippen LogP contribution in [0.5, 0.6) is 11.5 Å². The summed E-state index contributed by atoms with van der Waals surface area (Å²) in [6, 6.07) is 16.9. The number of rotatable bonds is 3. The largest absolute Gasteiger partial charge is 0.503 e. The van der Waals surface area contributed by atoms with E-state index in [1.807, 2.05) is 42.5 Å². The average Bonchev–Trinajstić information content (AvgIpc) is 2.98. The number of aromatic nitrogens is 2. The van der Waals surface area contributed by atoms with Crippen LogP contribution in [0.1, 0.15) is 5.56 Å². The number of phenols is 1. The van der Waals surface area contributed by atoms with Gasteiger partial charge in [-0.3, -0.25) is 9.89 Å². The molecule has 4 aromatic rings. The van der Waals surface area contributed by atoms with Crippen LogP contribution in [0.4, 0.5) is 0 Å². The molecule has 0 fully saturated rings. The molecule has 0 saturated heterocycles. The van der Waals surface area contributed by atoms with Gasteiger partial charge in [-0.1, -0.05) is 48.5 Å². The van der Waals surface area contributed by atoms with Gasteiger partial charge >= 0.3 is 0 Å². The summed E-state index contributed by atoms with van der Waals surface area (Å²) < 4.78 is 6.58. The Balaban J connectivity index is 1.88. The maximum absolute atomic E-state index is 13.0. The maximum Gasteiger partial charge on any atom is 0.279 e. The van der Waals surface area contributed by atoms with Crippen molar-refractivity contribution in [1.82, 2.24) is 9.78 Å². The van der Waals surface area contributed by atoms with Crippen molar-refractivity contribution in [2.45, 2.75) is 0 Å². The summed E-state index contributed by atoms with van der Waals surface area (Å²) in [4.78, 5) is 13.0. The minimum Gasteiger partial charge on any atom is -0.503 e.